The molecule has 1 amide bonds. The van der Waals surface area contributed by atoms with Crippen molar-refractivity contribution in [2.45, 2.75) is 33.2 Å². The number of fused-ring (bicyclic) bond motifs is 2. The average Bonchev–Trinajstić information content (AvgIpc) is 3.68. The molecule has 7 rings (SSSR count). The first-order chi connectivity index (χ1) is 21.5. The van der Waals surface area contributed by atoms with Gasteiger partial charge in [0.25, 0.3) is 5.91 Å². The summed E-state index contributed by atoms with van der Waals surface area (Å²) in [5.74, 6) is 0.547. The molecule has 0 radical (unpaired) electrons. The van der Waals surface area contributed by atoms with E-state index in [1.807, 2.05) is 79.7 Å². The Morgan fingerprint density at radius 1 is 0.841 bits per heavy atom. The van der Waals surface area contributed by atoms with Crippen LogP contribution in [-0.4, -0.2) is 20.8 Å². The third kappa shape index (κ3) is 5.62. The molecule has 7 nitrogen and oxygen atoms in total. The van der Waals surface area contributed by atoms with Crippen molar-refractivity contribution >= 4 is 17.0 Å². The number of hydrogen-bond donors (Lipinski definition) is 0. The summed E-state index contributed by atoms with van der Waals surface area (Å²) >= 11 is 0. The summed E-state index contributed by atoms with van der Waals surface area (Å²) in [5.41, 5.74) is 6.27. The Bertz CT molecular complexity index is 1980. The molecule has 1 aliphatic heterocycles. The average molecular weight is 586 g/mol. The highest BCUT2D eigenvalue weighted by Gasteiger charge is 2.27. The summed E-state index contributed by atoms with van der Waals surface area (Å²) in [5, 5.41) is 0. The first-order valence-electron chi connectivity index (χ1n) is 14.3. The Hall–Kier alpha value is -5.50. The van der Waals surface area contributed by atoms with Gasteiger partial charge in [0.2, 0.25) is 17.7 Å². The van der Waals surface area contributed by atoms with Crippen molar-refractivity contribution in [3.8, 4) is 23.2 Å². The largest absolute Gasteiger partial charge is 0.473 e. The minimum atomic E-state index is -0.277. The van der Waals surface area contributed by atoms with Gasteiger partial charge in [0.05, 0.1) is 5.56 Å². The maximum absolute atomic E-state index is 14.5. The minimum Gasteiger partial charge on any atom is -0.473 e. The number of hydrogen-bond acceptors (Lipinski definition) is 6. The zero-order valence-corrected chi connectivity index (χ0v) is 24.0. The summed E-state index contributed by atoms with van der Waals surface area (Å²) in [6.07, 6.45) is 0. The lowest BCUT2D eigenvalue weighted by atomic mass is 10.1. The number of carbonyl (C=O) groups is 1. The van der Waals surface area contributed by atoms with Crippen molar-refractivity contribution in [3.05, 3.63) is 142 Å². The van der Waals surface area contributed by atoms with E-state index in [2.05, 4.69) is 9.97 Å². The predicted octanol–water partition coefficient (Wildman–Crippen LogP) is 7.65. The van der Waals surface area contributed by atoms with E-state index in [1.54, 1.807) is 29.2 Å². The van der Waals surface area contributed by atoms with Crippen LogP contribution < -0.4 is 9.47 Å². The van der Waals surface area contributed by atoms with Crippen molar-refractivity contribution in [2.24, 2.45) is 0 Å². The molecule has 0 bridgehead atoms. The molecule has 218 valence electrons. The van der Waals surface area contributed by atoms with E-state index in [4.69, 9.17) is 13.9 Å². The number of aromatic nitrogens is 2. The number of amides is 1. The zero-order chi connectivity index (χ0) is 30.0. The van der Waals surface area contributed by atoms with Crippen molar-refractivity contribution in [1.82, 2.24) is 14.9 Å². The Balaban J connectivity index is 1.16. The molecule has 0 saturated carbocycles. The number of rotatable bonds is 8. The molecule has 0 fully saturated rings. The molecule has 0 saturated heterocycles. The van der Waals surface area contributed by atoms with Gasteiger partial charge in [-0.3, -0.25) is 4.79 Å². The first kappa shape index (κ1) is 27.3. The van der Waals surface area contributed by atoms with E-state index < -0.39 is 0 Å². The monoisotopic (exact) mass is 585 g/mol. The number of ether oxygens (including phenoxy) is 2. The molecule has 0 N–H and O–H groups in total. The SMILES string of the molecule is Cc1cc(F)c2c(c1)CN(C(=O)c1ccc3nc(-c4ccc(OCc5ccccc5)nc4OCc4ccccc4)oc3c1)C2. The van der Waals surface area contributed by atoms with Gasteiger partial charge in [-0.1, -0.05) is 66.7 Å². The second-order valence-electron chi connectivity index (χ2n) is 10.8. The van der Waals surface area contributed by atoms with E-state index >= 15 is 0 Å². The van der Waals surface area contributed by atoms with Crippen molar-refractivity contribution in [3.63, 3.8) is 0 Å². The van der Waals surface area contributed by atoms with E-state index in [-0.39, 0.29) is 18.3 Å². The van der Waals surface area contributed by atoms with Crippen LogP contribution in [0.4, 0.5) is 4.39 Å². The van der Waals surface area contributed by atoms with Gasteiger partial charge in [-0.15, -0.1) is 0 Å². The van der Waals surface area contributed by atoms with Crippen LogP contribution in [0, 0.1) is 12.7 Å². The molecule has 0 unspecified atom stereocenters. The Morgan fingerprint density at radius 2 is 1.57 bits per heavy atom. The fourth-order valence-corrected chi connectivity index (χ4v) is 5.35. The number of aryl methyl sites for hydroxylation is 1. The quantitative estimate of drug-likeness (QED) is 0.183. The maximum atomic E-state index is 14.5. The number of carbonyl (C=O) groups excluding carboxylic acids is 1. The van der Waals surface area contributed by atoms with Crippen LogP contribution in [0.1, 0.15) is 38.2 Å². The van der Waals surface area contributed by atoms with Gasteiger partial charge >= 0.3 is 0 Å². The molecule has 4 aromatic carbocycles. The van der Waals surface area contributed by atoms with E-state index in [0.29, 0.717) is 65.2 Å². The summed E-state index contributed by atoms with van der Waals surface area (Å²) in [6.45, 7) is 3.09. The normalized spacial score (nSPS) is 12.4. The topological polar surface area (TPSA) is 77.7 Å². The second kappa shape index (κ2) is 11.6. The van der Waals surface area contributed by atoms with Gasteiger partial charge in [0.15, 0.2) is 5.58 Å². The first-order valence-corrected chi connectivity index (χ1v) is 14.3. The summed E-state index contributed by atoms with van der Waals surface area (Å²) in [6, 6.07) is 31.8. The van der Waals surface area contributed by atoms with Gasteiger partial charge in [-0.25, -0.2) is 9.37 Å². The molecule has 0 spiro atoms. The summed E-state index contributed by atoms with van der Waals surface area (Å²) in [4.78, 5) is 24.4. The highest BCUT2D eigenvalue weighted by molar-refractivity contribution is 5.97. The highest BCUT2D eigenvalue weighted by atomic mass is 19.1. The molecular formula is C36H28FN3O4. The predicted molar refractivity (Wildman–Crippen MR) is 164 cm³/mol. The number of nitrogens with zero attached hydrogens (tertiary/aromatic N) is 3. The van der Waals surface area contributed by atoms with Crippen LogP contribution in [0.2, 0.25) is 0 Å². The molecule has 2 aromatic heterocycles. The number of pyridine rings is 1. The van der Waals surface area contributed by atoms with Crippen molar-refractivity contribution in [2.75, 3.05) is 0 Å². The lowest BCUT2D eigenvalue weighted by Gasteiger charge is -2.15. The molecule has 8 heteroatoms. The Kier molecular flexibility index (Phi) is 7.24. The minimum absolute atomic E-state index is 0.202. The van der Waals surface area contributed by atoms with Crippen LogP contribution in [0.15, 0.2) is 108 Å². The summed E-state index contributed by atoms with van der Waals surface area (Å²) < 4.78 is 32.8. The standard InChI is InChI=1S/C36H28FN3O4/c1-23-16-27-19-40(20-29(27)30(37)17-23)36(41)26-12-14-31-32(18-26)44-35(38-31)28-13-15-33(42-21-24-8-4-2-5-9-24)39-34(28)43-22-25-10-6-3-7-11-25/h2-18H,19-22H2,1H3. The van der Waals surface area contributed by atoms with E-state index in [0.717, 1.165) is 22.3 Å². The lowest BCUT2D eigenvalue weighted by molar-refractivity contribution is 0.0750. The third-order valence-corrected chi connectivity index (χ3v) is 7.58. The number of benzene rings is 4. The molecule has 6 aromatic rings. The fourth-order valence-electron chi connectivity index (χ4n) is 5.35. The Morgan fingerprint density at radius 3 is 2.32 bits per heavy atom. The van der Waals surface area contributed by atoms with Crippen molar-refractivity contribution in [1.29, 1.82) is 0 Å². The van der Waals surface area contributed by atoms with Crippen LogP contribution >= 0.6 is 0 Å². The van der Waals surface area contributed by atoms with E-state index in [9.17, 15) is 9.18 Å². The second-order valence-corrected chi connectivity index (χ2v) is 10.8. The van der Waals surface area contributed by atoms with Crippen molar-refractivity contribution < 1.29 is 23.1 Å². The molecule has 44 heavy (non-hydrogen) atoms. The lowest BCUT2D eigenvalue weighted by Crippen LogP contribution is -2.25. The van der Waals surface area contributed by atoms with Gasteiger partial charge in [-0.2, -0.15) is 4.98 Å². The zero-order valence-electron chi connectivity index (χ0n) is 24.0. The molecule has 0 aliphatic carbocycles. The van der Waals surface area contributed by atoms with Crippen LogP contribution in [0.25, 0.3) is 22.6 Å². The maximum Gasteiger partial charge on any atom is 0.254 e. The van der Waals surface area contributed by atoms with E-state index in [1.165, 1.54) is 6.07 Å². The van der Waals surface area contributed by atoms with Gasteiger partial charge in [0.1, 0.15) is 24.5 Å². The van der Waals surface area contributed by atoms with Crippen LogP contribution in [0.3, 0.4) is 0 Å². The van der Waals surface area contributed by atoms with Crippen LogP contribution in [0.5, 0.6) is 11.8 Å². The van der Waals surface area contributed by atoms with Gasteiger partial charge in [0, 0.05) is 30.3 Å². The number of halogens is 1. The van der Waals surface area contributed by atoms with Gasteiger partial charge < -0.3 is 18.8 Å². The molecule has 1 aliphatic rings. The highest BCUT2D eigenvalue weighted by Crippen LogP contribution is 2.34. The smallest absolute Gasteiger partial charge is 0.254 e. The third-order valence-electron chi connectivity index (χ3n) is 7.58. The molecular weight excluding hydrogens is 557 g/mol. The summed E-state index contributed by atoms with van der Waals surface area (Å²) in [7, 11) is 0. The van der Waals surface area contributed by atoms with Crippen LogP contribution in [-0.2, 0) is 26.3 Å². The fraction of sp³-hybridized carbons (Fsp3) is 0.139. The molecule has 0 atom stereocenters. The number of oxazole rings is 1. The molecule has 3 heterocycles. The van der Waals surface area contributed by atoms with Gasteiger partial charge in [-0.05, 0) is 59.5 Å². The Labute approximate surface area is 253 Å².